The predicted molar refractivity (Wildman–Crippen MR) is 82.9 cm³/mol. The van der Waals surface area contributed by atoms with E-state index in [0.717, 1.165) is 17.8 Å². The van der Waals surface area contributed by atoms with Crippen molar-refractivity contribution in [3.05, 3.63) is 38.8 Å². The van der Waals surface area contributed by atoms with Crippen LogP contribution in [0.25, 0.3) is 0 Å². The molecule has 6 heteroatoms. The van der Waals surface area contributed by atoms with E-state index in [1.54, 1.807) is 10.9 Å². The van der Waals surface area contributed by atoms with Crippen molar-refractivity contribution in [2.24, 2.45) is 0 Å². The Morgan fingerprint density at radius 2 is 2.20 bits per heavy atom. The van der Waals surface area contributed by atoms with Crippen LogP contribution in [0.4, 0.5) is 0 Å². The first-order valence-corrected chi connectivity index (χ1v) is 7.71. The summed E-state index contributed by atoms with van der Waals surface area (Å²) >= 11 is 7.65. The predicted octanol–water partition coefficient (Wildman–Crippen LogP) is 2.95. The molecule has 4 nitrogen and oxygen atoms in total. The zero-order chi connectivity index (χ0) is 14.7. The molecule has 0 aliphatic rings. The highest BCUT2D eigenvalue weighted by molar-refractivity contribution is 7.14. The number of carbonyl (C=O) groups is 1. The minimum atomic E-state index is -0.0454. The number of hydrogen-bond donors (Lipinski definition) is 0. The molecule has 0 saturated heterocycles. The average molecular weight is 312 g/mol. The summed E-state index contributed by atoms with van der Waals surface area (Å²) in [4.78, 5) is 16.5. The van der Waals surface area contributed by atoms with Gasteiger partial charge in [0.1, 0.15) is 5.69 Å². The highest BCUT2D eigenvalue weighted by Gasteiger charge is 2.20. The van der Waals surface area contributed by atoms with Crippen molar-refractivity contribution in [3.8, 4) is 0 Å². The molecule has 20 heavy (non-hydrogen) atoms. The van der Waals surface area contributed by atoms with Gasteiger partial charge in [0.05, 0.1) is 22.6 Å². The Balaban J connectivity index is 2.26. The molecule has 0 saturated carbocycles. The van der Waals surface area contributed by atoms with Crippen LogP contribution in [0.5, 0.6) is 0 Å². The Hall–Kier alpha value is -1.17. The van der Waals surface area contributed by atoms with E-state index >= 15 is 0 Å². The Morgan fingerprint density at radius 1 is 1.45 bits per heavy atom. The molecule has 0 radical (unpaired) electrons. The molecule has 0 fully saturated rings. The average Bonchev–Trinajstić information content (AvgIpc) is 3.02. The van der Waals surface area contributed by atoms with Crippen LogP contribution < -0.4 is 0 Å². The van der Waals surface area contributed by atoms with Gasteiger partial charge in [0.25, 0.3) is 0 Å². The van der Waals surface area contributed by atoms with Crippen LogP contribution in [0.1, 0.15) is 27.2 Å². The summed E-state index contributed by atoms with van der Waals surface area (Å²) in [6, 6.07) is 3.86. The van der Waals surface area contributed by atoms with Gasteiger partial charge in [-0.15, -0.1) is 11.3 Å². The lowest BCUT2D eigenvalue weighted by molar-refractivity contribution is 0.103. The van der Waals surface area contributed by atoms with E-state index in [1.807, 2.05) is 31.1 Å². The number of aromatic nitrogens is 2. The third-order valence-electron chi connectivity index (χ3n) is 3.00. The van der Waals surface area contributed by atoms with Crippen LogP contribution in [0, 0.1) is 0 Å². The van der Waals surface area contributed by atoms with E-state index in [4.69, 9.17) is 11.6 Å². The van der Waals surface area contributed by atoms with Crippen LogP contribution >= 0.6 is 22.9 Å². The van der Waals surface area contributed by atoms with E-state index in [1.165, 1.54) is 16.2 Å². The van der Waals surface area contributed by atoms with E-state index < -0.39 is 0 Å². The number of carbonyl (C=O) groups excluding carboxylic acids is 1. The minimum absolute atomic E-state index is 0.0454. The van der Waals surface area contributed by atoms with Gasteiger partial charge in [-0.3, -0.25) is 9.48 Å². The summed E-state index contributed by atoms with van der Waals surface area (Å²) in [5, 5.41) is 4.62. The lowest BCUT2D eigenvalue weighted by atomic mass is 10.2. The molecule has 0 aliphatic heterocycles. The molecule has 0 N–H and O–H groups in total. The van der Waals surface area contributed by atoms with Gasteiger partial charge < -0.3 is 4.90 Å². The number of thiophene rings is 1. The van der Waals surface area contributed by atoms with Crippen LogP contribution in [-0.4, -0.2) is 41.1 Å². The Labute approximate surface area is 128 Å². The first kappa shape index (κ1) is 15.2. The summed E-state index contributed by atoms with van der Waals surface area (Å²) < 4.78 is 1.69. The maximum Gasteiger partial charge on any atom is 0.222 e. The van der Waals surface area contributed by atoms with Gasteiger partial charge in [-0.1, -0.05) is 18.5 Å². The van der Waals surface area contributed by atoms with Crippen molar-refractivity contribution >= 4 is 28.7 Å². The van der Waals surface area contributed by atoms with Gasteiger partial charge in [0.15, 0.2) is 0 Å². The highest BCUT2D eigenvalue weighted by atomic mass is 35.5. The fourth-order valence-electron chi connectivity index (χ4n) is 1.86. The largest absolute Gasteiger partial charge is 0.308 e. The van der Waals surface area contributed by atoms with E-state index in [0.29, 0.717) is 17.3 Å². The van der Waals surface area contributed by atoms with Crippen molar-refractivity contribution in [2.45, 2.75) is 19.9 Å². The number of halogens is 1. The highest BCUT2D eigenvalue weighted by Crippen LogP contribution is 2.24. The monoisotopic (exact) mass is 311 g/mol. The molecule has 2 aromatic rings. The van der Waals surface area contributed by atoms with E-state index in [2.05, 4.69) is 12.0 Å². The number of likely N-dealkylation sites (N-methyl/N-ethyl adjacent to an activating group) is 1. The van der Waals surface area contributed by atoms with Crippen molar-refractivity contribution in [3.63, 3.8) is 0 Å². The quantitative estimate of drug-likeness (QED) is 0.770. The van der Waals surface area contributed by atoms with Crippen molar-refractivity contribution in [2.75, 3.05) is 20.6 Å². The number of nitrogens with zero attached hydrogens (tertiary/aromatic N) is 3. The van der Waals surface area contributed by atoms with Gasteiger partial charge in [-0.05, 0) is 32.6 Å². The topological polar surface area (TPSA) is 38.1 Å². The molecule has 2 heterocycles. The Kier molecular flexibility index (Phi) is 4.96. The lowest BCUT2D eigenvalue weighted by Crippen LogP contribution is -2.21. The fraction of sp³-hybridized carbons (Fsp3) is 0.429. The molecule has 0 aliphatic carbocycles. The molecular weight excluding hydrogens is 294 g/mol. The van der Waals surface area contributed by atoms with Gasteiger partial charge in [-0.2, -0.15) is 5.10 Å². The van der Waals surface area contributed by atoms with Gasteiger partial charge in [0.2, 0.25) is 5.78 Å². The molecule has 0 unspecified atom stereocenters. The lowest BCUT2D eigenvalue weighted by Gasteiger charge is -2.11. The number of rotatable bonds is 6. The van der Waals surface area contributed by atoms with E-state index in [-0.39, 0.29) is 5.78 Å². The first-order chi connectivity index (χ1) is 9.52. The maximum absolute atomic E-state index is 12.6. The third kappa shape index (κ3) is 3.29. The standard InChI is InChI=1S/C14H18ClN3OS/c1-4-10-5-6-12(20-10)14(19)13-11(15)9-16-18(13)8-7-17(2)3/h5-6,9H,4,7-8H2,1-3H3. The molecule has 2 aromatic heterocycles. The minimum Gasteiger partial charge on any atom is -0.308 e. The van der Waals surface area contributed by atoms with Crippen LogP contribution in [0.3, 0.4) is 0 Å². The Morgan fingerprint density at radius 3 is 2.80 bits per heavy atom. The van der Waals surface area contributed by atoms with Gasteiger partial charge in [0, 0.05) is 11.4 Å². The number of hydrogen-bond acceptors (Lipinski definition) is 4. The molecule has 2 rings (SSSR count). The SMILES string of the molecule is CCc1ccc(C(=O)c2c(Cl)cnn2CCN(C)C)s1. The normalized spacial score (nSPS) is 11.2. The zero-order valence-corrected chi connectivity index (χ0v) is 13.5. The molecule has 0 amide bonds. The summed E-state index contributed by atoms with van der Waals surface area (Å²) in [6.45, 7) is 3.53. The van der Waals surface area contributed by atoms with Crippen molar-refractivity contribution < 1.29 is 4.79 Å². The van der Waals surface area contributed by atoms with Crippen LogP contribution in [0.15, 0.2) is 18.3 Å². The molecule has 0 aromatic carbocycles. The second kappa shape index (κ2) is 6.52. The summed E-state index contributed by atoms with van der Waals surface area (Å²) in [6.07, 6.45) is 2.48. The molecule has 0 atom stereocenters. The van der Waals surface area contributed by atoms with Crippen LogP contribution in [0.2, 0.25) is 5.02 Å². The molecule has 0 bridgehead atoms. The third-order valence-corrected chi connectivity index (χ3v) is 4.51. The Bertz CT molecular complexity index is 603. The summed E-state index contributed by atoms with van der Waals surface area (Å²) in [7, 11) is 3.97. The molecular formula is C14H18ClN3OS. The summed E-state index contributed by atoms with van der Waals surface area (Å²) in [5.74, 6) is -0.0454. The summed E-state index contributed by atoms with van der Waals surface area (Å²) in [5.41, 5.74) is 0.484. The van der Waals surface area contributed by atoms with Crippen molar-refractivity contribution in [1.29, 1.82) is 0 Å². The zero-order valence-electron chi connectivity index (χ0n) is 11.9. The number of aryl methyl sites for hydroxylation is 1. The van der Waals surface area contributed by atoms with Gasteiger partial charge in [-0.25, -0.2) is 0 Å². The molecule has 0 spiro atoms. The fourth-order valence-corrected chi connectivity index (χ4v) is 2.97. The smallest absolute Gasteiger partial charge is 0.222 e. The van der Waals surface area contributed by atoms with Gasteiger partial charge >= 0.3 is 0 Å². The maximum atomic E-state index is 12.6. The van der Waals surface area contributed by atoms with E-state index in [9.17, 15) is 4.79 Å². The van der Waals surface area contributed by atoms with Crippen molar-refractivity contribution in [1.82, 2.24) is 14.7 Å². The second-order valence-electron chi connectivity index (χ2n) is 4.82. The first-order valence-electron chi connectivity index (χ1n) is 6.52. The molecule has 108 valence electrons. The second-order valence-corrected chi connectivity index (χ2v) is 6.39. The van der Waals surface area contributed by atoms with Crippen LogP contribution in [-0.2, 0) is 13.0 Å². The number of ketones is 1.